The summed E-state index contributed by atoms with van der Waals surface area (Å²) in [5.41, 5.74) is 0. The van der Waals surface area contributed by atoms with Gasteiger partial charge in [-0.25, -0.2) is 0 Å². The minimum atomic E-state index is 0.353. The Hall–Kier alpha value is -0.370. The van der Waals surface area contributed by atoms with Gasteiger partial charge in [-0.05, 0) is 26.3 Å². The monoisotopic (exact) mass is 211 g/mol. The van der Waals surface area contributed by atoms with E-state index in [1.54, 1.807) is 0 Å². The molecule has 0 bridgehead atoms. The van der Waals surface area contributed by atoms with E-state index < -0.39 is 0 Å². The van der Waals surface area contributed by atoms with Crippen molar-refractivity contribution < 1.29 is 4.79 Å². The molecule has 0 aliphatic heterocycles. The van der Waals surface area contributed by atoms with Crippen molar-refractivity contribution in [3.63, 3.8) is 0 Å². The van der Waals surface area contributed by atoms with Crippen molar-refractivity contribution in [2.45, 2.75) is 64.8 Å². The summed E-state index contributed by atoms with van der Waals surface area (Å²) in [7, 11) is 0. The molecule has 0 aromatic carbocycles. The van der Waals surface area contributed by atoms with Gasteiger partial charge in [0.15, 0.2) is 0 Å². The molecule has 0 spiro atoms. The van der Waals surface area contributed by atoms with Crippen LogP contribution in [0.5, 0.6) is 0 Å². The summed E-state index contributed by atoms with van der Waals surface area (Å²) in [5.74, 6) is 0.860. The third kappa shape index (κ3) is 4.78. The Morgan fingerprint density at radius 2 is 1.87 bits per heavy atom. The fourth-order valence-corrected chi connectivity index (χ4v) is 2.49. The molecule has 1 atom stereocenters. The van der Waals surface area contributed by atoms with Gasteiger partial charge in [0.2, 0.25) is 0 Å². The van der Waals surface area contributed by atoms with E-state index in [1.165, 1.54) is 25.7 Å². The molecule has 0 radical (unpaired) electrons. The predicted molar refractivity (Wildman–Crippen MR) is 64.0 cm³/mol. The van der Waals surface area contributed by atoms with Gasteiger partial charge in [-0.1, -0.05) is 32.6 Å². The van der Waals surface area contributed by atoms with Gasteiger partial charge in [0.05, 0.1) is 0 Å². The van der Waals surface area contributed by atoms with Gasteiger partial charge < -0.3 is 5.32 Å². The smallest absolute Gasteiger partial charge is 0.137 e. The molecule has 2 nitrogen and oxygen atoms in total. The van der Waals surface area contributed by atoms with E-state index in [0.29, 0.717) is 17.7 Å². The van der Waals surface area contributed by atoms with E-state index in [-0.39, 0.29) is 0 Å². The van der Waals surface area contributed by atoms with Gasteiger partial charge in [0.25, 0.3) is 0 Å². The first-order valence-electron chi connectivity index (χ1n) is 6.50. The van der Waals surface area contributed by atoms with Gasteiger partial charge >= 0.3 is 0 Å². The summed E-state index contributed by atoms with van der Waals surface area (Å²) in [5, 5.41) is 3.31. The van der Waals surface area contributed by atoms with Crippen LogP contribution in [0.2, 0.25) is 0 Å². The maximum Gasteiger partial charge on any atom is 0.137 e. The molecule has 1 N–H and O–H groups in total. The summed E-state index contributed by atoms with van der Waals surface area (Å²) in [4.78, 5) is 12.0. The zero-order valence-corrected chi connectivity index (χ0v) is 10.2. The highest BCUT2D eigenvalue weighted by Gasteiger charge is 2.21. The fraction of sp³-hybridized carbons (Fsp3) is 0.923. The molecule has 0 saturated heterocycles. The van der Waals surface area contributed by atoms with Crippen LogP contribution in [-0.4, -0.2) is 18.4 Å². The minimum absolute atomic E-state index is 0.353. The van der Waals surface area contributed by atoms with Crippen molar-refractivity contribution >= 4 is 5.78 Å². The number of hydrogen-bond donors (Lipinski definition) is 1. The molecule has 88 valence electrons. The first-order chi connectivity index (χ1) is 7.24. The van der Waals surface area contributed by atoms with Crippen molar-refractivity contribution in [3.8, 4) is 0 Å². The number of rotatable bonds is 5. The Morgan fingerprint density at radius 3 is 2.40 bits per heavy atom. The Labute approximate surface area is 93.8 Å². The molecule has 0 heterocycles. The zero-order valence-electron chi connectivity index (χ0n) is 10.2. The van der Waals surface area contributed by atoms with E-state index >= 15 is 0 Å². The van der Waals surface area contributed by atoms with Crippen LogP contribution in [0, 0.1) is 5.92 Å². The second kappa shape index (κ2) is 7.00. The van der Waals surface area contributed by atoms with Crippen molar-refractivity contribution in [2.24, 2.45) is 5.92 Å². The number of nitrogens with one attached hydrogen (secondary N) is 1. The van der Waals surface area contributed by atoms with Crippen molar-refractivity contribution in [2.75, 3.05) is 6.54 Å². The van der Waals surface area contributed by atoms with E-state index in [2.05, 4.69) is 19.2 Å². The lowest BCUT2D eigenvalue weighted by Gasteiger charge is -2.16. The molecule has 0 aromatic rings. The highest BCUT2D eigenvalue weighted by Crippen LogP contribution is 2.24. The molecule has 0 amide bonds. The minimum Gasteiger partial charge on any atom is -0.314 e. The van der Waals surface area contributed by atoms with Crippen LogP contribution in [0.4, 0.5) is 0 Å². The Morgan fingerprint density at radius 1 is 1.27 bits per heavy atom. The van der Waals surface area contributed by atoms with Gasteiger partial charge in [-0.3, -0.25) is 4.79 Å². The summed E-state index contributed by atoms with van der Waals surface area (Å²) >= 11 is 0. The summed E-state index contributed by atoms with van der Waals surface area (Å²) < 4.78 is 0. The molecule has 2 heteroatoms. The fourth-order valence-electron chi connectivity index (χ4n) is 2.49. The maximum atomic E-state index is 12.0. The Bertz CT molecular complexity index is 183. The maximum absolute atomic E-state index is 12.0. The number of carbonyl (C=O) groups excluding carboxylic acids is 1. The van der Waals surface area contributed by atoms with Crippen LogP contribution >= 0.6 is 0 Å². The Balaban J connectivity index is 2.30. The number of ketones is 1. The number of hydrogen-bond acceptors (Lipinski definition) is 2. The third-order valence-electron chi connectivity index (χ3n) is 3.37. The van der Waals surface area contributed by atoms with Crippen molar-refractivity contribution in [1.29, 1.82) is 0 Å². The second-order valence-corrected chi connectivity index (χ2v) is 4.82. The second-order valence-electron chi connectivity index (χ2n) is 4.82. The third-order valence-corrected chi connectivity index (χ3v) is 3.37. The molecule has 1 unspecified atom stereocenters. The zero-order chi connectivity index (χ0) is 11.1. The molecule has 1 aliphatic carbocycles. The van der Waals surface area contributed by atoms with Crippen LogP contribution in [-0.2, 0) is 4.79 Å². The number of Topliss-reactive ketones (excluding diaryl/α,β-unsaturated/α-hetero) is 1. The standard InChI is InChI=1S/C13H25NO/c1-3-14-11(2)10-13(15)12-8-6-4-5-7-9-12/h11-12,14H,3-10H2,1-2H3. The average Bonchev–Trinajstić information content (AvgIpc) is 2.45. The van der Waals surface area contributed by atoms with Gasteiger partial charge in [0, 0.05) is 18.4 Å². The lowest BCUT2D eigenvalue weighted by molar-refractivity contribution is -0.123. The predicted octanol–water partition coefficient (Wildman–Crippen LogP) is 2.91. The van der Waals surface area contributed by atoms with Crippen molar-refractivity contribution in [3.05, 3.63) is 0 Å². The summed E-state index contributed by atoms with van der Waals surface area (Å²) in [6.07, 6.45) is 8.16. The van der Waals surface area contributed by atoms with Gasteiger partial charge in [0.1, 0.15) is 5.78 Å². The normalized spacial score (nSPS) is 20.9. The lowest BCUT2D eigenvalue weighted by Crippen LogP contribution is -2.30. The topological polar surface area (TPSA) is 29.1 Å². The SMILES string of the molecule is CCNC(C)CC(=O)C1CCCCCC1. The average molecular weight is 211 g/mol. The van der Waals surface area contributed by atoms with Crippen LogP contribution in [0.1, 0.15) is 58.8 Å². The largest absolute Gasteiger partial charge is 0.314 e. The van der Waals surface area contributed by atoms with E-state index in [4.69, 9.17) is 0 Å². The summed E-state index contributed by atoms with van der Waals surface area (Å²) in [6, 6.07) is 0.353. The van der Waals surface area contributed by atoms with Crippen LogP contribution in [0.25, 0.3) is 0 Å². The van der Waals surface area contributed by atoms with E-state index in [1.807, 2.05) is 0 Å². The molecule has 1 rings (SSSR count). The van der Waals surface area contributed by atoms with Crippen LogP contribution in [0.15, 0.2) is 0 Å². The quantitative estimate of drug-likeness (QED) is 0.708. The summed E-state index contributed by atoms with van der Waals surface area (Å²) in [6.45, 7) is 5.16. The lowest BCUT2D eigenvalue weighted by atomic mass is 9.92. The Kier molecular flexibility index (Phi) is 5.92. The van der Waals surface area contributed by atoms with E-state index in [0.717, 1.165) is 25.8 Å². The molecular weight excluding hydrogens is 186 g/mol. The van der Waals surface area contributed by atoms with Crippen LogP contribution in [0.3, 0.4) is 0 Å². The highest BCUT2D eigenvalue weighted by atomic mass is 16.1. The first kappa shape index (κ1) is 12.7. The first-order valence-corrected chi connectivity index (χ1v) is 6.50. The van der Waals surface area contributed by atoms with Crippen molar-refractivity contribution in [1.82, 2.24) is 5.32 Å². The van der Waals surface area contributed by atoms with E-state index in [9.17, 15) is 4.79 Å². The molecule has 1 saturated carbocycles. The molecular formula is C13H25NO. The number of carbonyl (C=O) groups is 1. The highest BCUT2D eigenvalue weighted by molar-refractivity contribution is 5.81. The molecule has 0 aromatic heterocycles. The molecule has 1 fully saturated rings. The van der Waals surface area contributed by atoms with Gasteiger partial charge in [-0.2, -0.15) is 0 Å². The van der Waals surface area contributed by atoms with Crippen LogP contribution < -0.4 is 5.32 Å². The molecule has 15 heavy (non-hydrogen) atoms. The van der Waals surface area contributed by atoms with Gasteiger partial charge in [-0.15, -0.1) is 0 Å². The molecule has 1 aliphatic rings.